The van der Waals surface area contributed by atoms with Crippen LogP contribution in [-0.2, 0) is 21.5 Å². The maximum atomic E-state index is 11.6. The maximum Gasteiger partial charge on any atom is 0.411 e. The molecule has 0 aromatic heterocycles. The first-order chi connectivity index (χ1) is 9.95. The average Bonchev–Trinajstić information content (AvgIpc) is 2.46. The number of carbonyl (C=O) groups is 1. The van der Waals surface area contributed by atoms with Gasteiger partial charge >= 0.3 is 6.09 Å². The van der Waals surface area contributed by atoms with Gasteiger partial charge in [0.15, 0.2) is 0 Å². The van der Waals surface area contributed by atoms with Crippen LogP contribution in [0.4, 0.5) is 10.5 Å². The molecule has 0 saturated heterocycles. The molecule has 0 aliphatic rings. The summed E-state index contributed by atoms with van der Waals surface area (Å²) in [4.78, 5) is 11.3. The zero-order chi connectivity index (χ0) is 15.3. The van der Waals surface area contributed by atoms with E-state index >= 15 is 0 Å². The molecule has 0 fully saturated rings. The van der Waals surface area contributed by atoms with Crippen molar-refractivity contribution in [3.63, 3.8) is 0 Å². The third kappa shape index (κ3) is 4.59. The molecule has 0 aliphatic carbocycles. The third-order valence-electron chi connectivity index (χ3n) is 2.61. The van der Waals surface area contributed by atoms with Gasteiger partial charge in [0, 0.05) is 5.69 Å². The fourth-order valence-electron chi connectivity index (χ4n) is 1.59. The molecule has 21 heavy (non-hydrogen) atoms. The van der Waals surface area contributed by atoms with Crippen LogP contribution in [0.2, 0.25) is 0 Å². The number of carbonyl (C=O) groups excluding carboxylic acids is 1. The van der Waals surface area contributed by atoms with Crippen LogP contribution >= 0.6 is 0 Å². The number of nitrogens with one attached hydrogen (secondary N) is 1. The van der Waals surface area contributed by atoms with E-state index in [1.54, 1.807) is 0 Å². The van der Waals surface area contributed by atoms with Gasteiger partial charge in [-0.05, 0) is 29.8 Å². The highest BCUT2D eigenvalue weighted by atomic mass is 32.2. The number of anilines is 1. The fraction of sp³-hybridized carbons (Fsp3) is 0.0714. The van der Waals surface area contributed by atoms with Gasteiger partial charge in [-0.25, -0.2) is 4.79 Å². The van der Waals surface area contributed by atoms with Crippen LogP contribution in [-0.4, -0.2) is 19.1 Å². The van der Waals surface area contributed by atoms with Crippen molar-refractivity contribution in [3.05, 3.63) is 60.2 Å². The average molecular weight is 307 g/mol. The second kappa shape index (κ2) is 6.38. The molecular weight excluding hydrogens is 294 g/mol. The summed E-state index contributed by atoms with van der Waals surface area (Å²) in [6.45, 7) is 0.135. The number of hydrogen-bond acceptors (Lipinski definition) is 4. The molecule has 0 saturated carbocycles. The van der Waals surface area contributed by atoms with E-state index in [0.717, 1.165) is 5.56 Å². The smallest absolute Gasteiger partial charge is 0.411 e. The Morgan fingerprint density at radius 3 is 2.24 bits per heavy atom. The number of hydrogen-bond donors (Lipinski definition) is 2. The van der Waals surface area contributed by atoms with Crippen molar-refractivity contribution in [2.24, 2.45) is 0 Å². The third-order valence-corrected chi connectivity index (χ3v) is 3.48. The van der Waals surface area contributed by atoms with Gasteiger partial charge in [-0.3, -0.25) is 9.87 Å². The summed E-state index contributed by atoms with van der Waals surface area (Å²) in [5.74, 6) is 0. The zero-order valence-electron chi connectivity index (χ0n) is 10.9. The standard InChI is InChI=1S/C14H13NO5S/c16-14(20-10-11-4-2-1-3-5-11)15-12-6-8-13(9-7-12)21(17,18)19/h1-9H,10H2,(H,15,16)(H,17,18,19). The molecule has 1 amide bonds. The van der Waals surface area contributed by atoms with Gasteiger partial charge in [-0.15, -0.1) is 0 Å². The molecule has 0 unspecified atom stereocenters. The van der Waals surface area contributed by atoms with Crippen LogP contribution in [0.25, 0.3) is 0 Å². The molecule has 2 N–H and O–H groups in total. The summed E-state index contributed by atoms with van der Waals surface area (Å²) in [5.41, 5.74) is 1.22. The summed E-state index contributed by atoms with van der Waals surface area (Å²) < 4.78 is 35.6. The Morgan fingerprint density at radius 1 is 1.05 bits per heavy atom. The quantitative estimate of drug-likeness (QED) is 0.847. The molecule has 7 heteroatoms. The summed E-state index contributed by atoms with van der Waals surface area (Å²) in [6, 6.07) is 14.3. The lowest BCUT2D eigenvalue weighted by molar-refractivity contribution is 0.155. The first kappa shape index (κ1) is 15.0. The number of ether oxygens (including phenoxy) is 1. The molecule has 2 aromatic carbocycles. The normalized spacial score (nSPS) is 10.9. The van der Waals surface area contributed by atoms with E-state index in [0.29, 0.717) is 5.69 Å². The molecule has 6 nitrogen and oxygen atoms in total. The van der Waals surface area contributed by atoms with Crippen LogP contribution in [0.5, 0.6) is 0 Å². The highest BCUT2D eigenvalue weighted by Crippen LogP contribution is 2.14. The minimum absolute atomic E-state index is 0.135. The van der Waals surface area contributed by atoms with Crippen LogP contribution in [0, 0.1) is 0 Å². The Balaban J connectivity index is 1.91. The molecule has 110 valence electrons. The van der Waals surface area contributed by atoms with Gasteiger partial charge in [-0.1, -0.05) is 30.3 Å². The molecule has 0 bridgehead atoms. The second-order valence-corrected chi connectivity index (χ2v) is 5.61. The Hall–Kier alpha value is -2.38. The Labute approximate surface area is 122 Å². The van der Waals surface area contributed by atoms with Crippen molar-refractivity contribution in [1.29, 1.82) is 0 Å². The van der Waals surface area contributed by atoms with E-state index in [4.69, 9.17) is 9.29 Å². The van der Waals surface area contributed by atoms with E-state index in [-0.39, 0.29) is 11.5 Å². The summed E-state index contributed by atoms with van der Waals surface area (Å²) in [5, 5.41) is 2.45. The van der Waals surface area contributed by atoms with Gasteiger partial charge in [0.25, 0.3) is 10.1 Å². The van der Waals surface area contributed by atoms with Gasteiger partial charge in [0.2, 0.25) is 0 Å². The Kier molecular flexibility index (Phi) is 4.56. The predicted molar refractivity (Wildman–Crippen MR) is 76.5 cm³/mol. The lowest BCUT2D eigenvalue weighted by atomic mass is 10.2. The van der Waals surface area contributed by atoms with Crippen molar-refractivity contribution in [2.75, 3.05) is 5.32 Å². The van der Waals surface area contributed by atoms with E-state index < -0.39 is 16.2 Å². The Morgan fingerprint density at radius 2 is 1.67 bits per heavy atom. The molecule has 2 rings (SSSR count). The summed E-state index contributed by atoms with van der Waals surface area (Å²) in [7, 11) is -4.24. The van der Waals surface area contributed by atoms with Crippen molar-refractivity contribution in [1.82, 2.24) is 0 Å². The highest BCUT2D eigenvalue weighted by Gasteiger charge is 2.09. The molecule has 0 aliphatic heterocycles. The molecule has 0 heterocycles. The van der Waals surface area contributed by atoms with Crippen molar-refractivity contribution in [2.45, 2.75) is 11.5 Å². The Bertz CT molecular complexity index is 711. The van der Waals surface area contributed by atoms with Crippen molar-refractivity contribution < 1.29 is 22.5 Å². The SMILES string of the molecule is O=C(Nc1ccc(S(=O)(=O)O)cc1)OCc1ccccc1. The predicted octanol–water partition coefficient (Wildman–Crippen LogP) is 2.68. The largest absolute Gasteiger partial charge is 0.444 e. The van der Waals surface area contributed by atoms with Gasteiger partial charge in [-0.2, -0.15) is 8.42 Å². The van der Waals surface area contributed by atoms with Crippen LogP contribution in [0.3, 0.4) is 0 Å². The summed E-state index contributed by atoms with van der Waals surface area (Å²) in [6.07, 6.45) is -0.654. The minimum atomic E-state index is -4.24. The molecular formula is C14H13NO5S. The second-order valence-electron chi connectivity index (χ2n) is 4.19. The van der Waals surface area contributed by atoms with Crippen molar-refractivity contribution >= 4 is 21.9 Å². The zero-order valence-corrected chi connectivity index (χ0v) is 11.7. The molecule has 0 spiro atoms. The number of amides is 1. The first-order valence-electron chi connectivity index (χ1n) is 6.00. The number of benzene rings is 2. The van der Waals surface area contributed by atoms with Gasteiger partial charge in [0.05, 0.1) is 4.90 Å². The van der Waals surface area contributed by atoms with E-state index in [9.17, 15) is 13.2 Å². The van der Waals surface area contributed by atoms with E-state index in [2.05, 4.69) is 5.32 Å². The van der Waals surface area contributed by atoms with Crippen LogP contribution < -0.4 is 5.32 Å². The minimum Gasteiger partial charge on any atom is -0.444 e. The van der Waals surface area contributed by atoms with E-state index in [1.807, 2.05) is 30.3 Å². The van der Waals surface area contributed by atoms with Crippen LogP contribution in [0.1, 0.15) is 5.56 Å². The highest BCUT2D eigenvalue weighted by molar-refractivity contribution is 7.85. The molecule has 2 aromatic rings. The molecule has 0 radical (unpaired) electrons. The van der Waals surface area contributed by atoms with Crippen LogP contribution in [0.15, 0.2) is 59.5 Å². The summed E-state index contributed by atoms with van der Waals surface area (Å²) >= 11 is 0. The van der Waals surface area contributed by atoms with E-state index in [1.165, 1.54) is 24.3 Å². The van der Waals surface area contributed by atoms with Gasteiger partial charge < -0.3 is 4.74 Å². The topological polar surface area (TPSA) is 92.7 Å². The lowest BCUT2D eigenvalue weighted by Crippen LogP contribution is -2.13. The van der Waals surface area contributed by atoms with Crippen molar-refractivity contribution in [3.8, 4) is 0 Å². The number of rotatable bonds is 4. The maximum absolute atomic E-state index is 11.6. The first-order valence-corrected chi connectivity index (χ1v) is 7.44. The lowest BCUT2D eigenvalue weighted by Gasteiger charge is -2.07. The molecule has 0 atom stereocenters. The fourth-order valence-corrected chi connectivity index (χ4v) is 2.07. The monoisotopic (exact) mass is 307 g/mol. The van der Waals surface area contributed by atoms with Gasteiger partial charge in [0.1, 0.15) is 6.61 Å².